The maximum Gasteiger partial charge on any atom is 0.244 e. The summed E-state index contributed by atoms with van der Waals surface area (Å²) in [5.74, 6) is 0.951. The number of aryl methyl sites for hydroxylation is 1. The first-order valence-electron chi connectivity index (χ1n) is 12.7. The third-order valence-corrected chi connectivity index (χ3v) is 9.71. The van der Waals surface area contributed by atoms with Gasteiger partial charge < -0.3 is 9.42 Å². The van der Waals surface area contributed by atoms with Crippen molar-refractivity contribution in [2.45, 2.75) is 43.9 Å². The fourth-order valence-corrected chi connectivity index (χ4v) is 7.35. The van der Waals surface area contributed by atoms with Crippen LogP contribution < -0.4 is 0 Å². The van der Waals surface area contributed by atoms with Crippen molar-refractivity contribution < 1.29 is 17.7 Å². The van der Waals surface area contributed by atoms with E-state index in [9.17, 15) is 13.2 Å². The molecule has 0 spiro atoms. The number of hydrogen-bond donors (Lipinski definition) is 0. The highest BCUT2D eigenvalue weighted by molar-refractivity contribution is 7.89. The number of rotatable bonds is 6. The zero-order valence-electron chi connectivity index (χ0n) is 20.8. The van der Waals surface area contributed by atoms with Crippen molar-refractivity contribution in [2.24, 2.45) is 11.8 Å². The Morgan fingerprint density at radius 2 is 1.84 bits per heavy atom. The van der Waals surface area contributed by atoms with Gasteiger partial charge in [-0.2, -0.15) is 9.29 Å². The molecular weight excluding hydrogens is 512 g/mol. The second-order valence-corrected chi connectivity index (χ2v) is 12.3. The van der Waals surface area contributed by atoms with E-state index in [0.29, 0.717) is 42.6 Å². The molecule has 0 saturated carbocycles. The van der Waals surface area contributed by atoms with Crippen molar-refractivity contribution in [3.63, 3.8) is 0 Å². The van der Waals surface area contributed by atoms with E-state index >= 15 is 0 Å². The summed E-state index contributed by atoms with van der Waals surface area (Å²) in [7, 11) is -3.91. The molecule has 1 aromatic heterocycles. The maximum atomic E-state index is 13.6. The molecule has 5 rings (SSSR count). The second kappa shape index (κ2) is 10.9. The van der Waals surface area contributed by atoms with E-state index in [-0.39, 0.29) is 28.3 Å². The Kier molecular flexibility index (Phi) is 7.65. The van der Waals surface area contributed by atoms with Crippen molar-refractivity contribution in [1.29, 1.82) is 0 Å². The number of piperidine rings is 2. The highest BCUT2D eigenvalue weighted by Crippen LogP contribution is 2.32. The van der Waals surface area contributed by atoms with E-state index in [2.05, 4.69) is 34.4 Å². The minimum absolute atomic E-state index is 0.0102. The highest BCUT2D eigenvalue weighted by atomic mass is 35.5. The molecule has 2 saturated heterocycles. The molecule has 3 heterocycles. The number of benzene rings is 2. The van der Waals surface area contributed by atoms with Crippen LogP contribution in [0.15, 0.2) is 57.9 Å². The highest BCUT2D eigenvalue weighted by Gasteiger charge is 2.37. The van der Waals surface area contributed by atoms with Gasteiger partial charge in [0.05, 0.1) is 10.9 Å². The van der Waals surface area contributed by atoms with Gasteiger partial charge in [-0.05, 0) is 61.8 Å². The standard InChI is InChI=1S/C27H31ClN4O4S/c1-19-29-26(30-36-19)22-9-10-24(28)25(17-22)37(34,35)32-13-5-8-23(18-32)27(33)31-14-11-21(12-15-31)16-20-6-3-2-4-7-20/h2-4,6-7,9-10,17,21,23H,5,8,11-16,18H2,1H3. The lowest BCUT2D eigenvalue weighted by Gasteiger charge is -2.37. The number of sulfonamides is 1. The Morgan fingerprint density at radius 3 is 2.54 bits per heavy atom. The van der Waals surface area contributed by atoms with E-state index in [0.717, 1.165) is 32.4 Å². The summed E-state index contributed by atoms with van der Waals surface area (Å²) in [4.78, 5) is 19.5. The third kappa shape index (κ3) is 5.73. The van der Waals surface area contributed by atoms with Gasteiger partial charge in [0.25, 0.3) is 0 Å². The molecule has 2 aliphatic heterocycles. The van der Waals surface area contributed by atoms with Gasteiger partial charge in [0.15, 0.2) is 0 Å². The lowest BCUT2D eigenvalue weighted by atomic mass is 9.89. The molecule has 196 valence electrons. The average molecular weight is 543 g/mol. The van der Waals surface area contributed by atoms with Crippen LogP contribution in [0.3, 0.4) is 0 Å². The number of likely N-dealkylation sites (tertiary alicyclic amines) is 1. The average Bonchev–Trinajstić information content (AvgIpc) is 3.36. The van der Waals surface area contributed by atoms with Crippen molar-refractivity contribution in [3.8, 4) is 11.4 Å². The van der Waals surface area contributed by atoms with Crippen LogP contribution in [-0.2, 0) is 21.2 Å². The monoisotopic (exact) mass is 542 g/mol. The molecule has 0 radical (unpaired) electrons. The molecule has 0 aliphatic carbocycles. The van der Waals surface area contributed by atoms with Gasteiger partial charge in [-0.25, -0.2) is 8.42 Å². The molecule has 1 amide bonds. The second-order valence-electron chi connectivity index (χ2n) is 9.94. The maximum absolute atomic E-state index is 13.6. The predicted molar refractivity (Wildman–Crippen MR) is 140 cm³/mol. The van der Waals surface area contributed by atoms with Gasteiger partial charge in [0, 0.05) is 38.7 Å². The normalized spacial score (nSPS) is 19.7. The van der Waals surface area contributed by atoms with Crippen molar-refractivity contribution >= 4 is 27.5 Å². The molecule has 2 aliphatic rings. The molecule has 8 nitrogen and oxygen atoms in total. The zero-order valence-corrected chi connectivity index (χ0v) is 22.4. The first-order chi connectivity index (χ1) is 17.8. The molecular formula is C27H31ClN4O4S. The SMILES string of the molecule is Cc1nc(-c2ccc(Cl)c(S(=O)(=O)N3CCCC(C(=O)N4CCC(Cc5ccccc5)CC4)C3)c2)no1. The zero-order chi connectivity index (χ0) is 26.0. The van der Waals surface area contributed by atoms with E-state index in [1.54, 1.807) is 13.0 Å². The van der Waals surface area contributed by atoms with Gasteiger partial charge in [-0.15, -0.1) is 0 Å². The Hall–Kier alpha value is -2.75. The Labute approximate surface area is 222 Å². The number of hydrogen-bond acceptors (Lipinski definition) is 6. The molecule has 0 bridgehead atoms. The number of carbonyl (C=O) groups excluding carboxylic acids is 1. The van der Waals surface area contributed by atoms with Gasteiger partial charge >= 0.3 is 0 Å². The van der Waals surface area contributed by atoms with Crippen molar-refractivity contribution in [1.82, 2.24) is 19.3 Å². The minimum atomic E-state index is -3.91. The number of aromatic nitrogens is 2. The number of carbonyl (C=O) groups is 1. The van der Waals surface area contributed by atoms with Crippen LogP contribution in [0.25, 0.3) is 11.4 Å². The fourth-order valence-electron chi connectivity index (χ4n) is 5.32. The van der Waals surface area contributed by atoms with Crippen LogP contribution in [0.1, 0.15) is 37.1 Å². The van der Waals surface area contributed by atoms with E-state index < -0.39 is 10.0 Å². The van der Waals surface area contributed by atoms with E-state index in [1.165, 1.54) is 22.0 Å². The summed E-state index contributed by atoms with van der Waals surface area (Å²) in [6.45, 7) is 3.62. The quantitative estimate of drug-likeness (QED) is 0.452. The molecule has 1 atom stereocenters. The van der Waals surface area contributed by atoms with Gasteiger partial charge in [0.2, 0.25) is 27.6 Å². The van der Waals surface area contributed by atoms with Gasteiger partial charge in [-0.1, -0.05) is 47.1 Å². The van der Waals surface area contributed by atoms with Crippen LogP contribution in [0.5, 0.6) is 0 Å². The number of nitrogens with zero attached hydrogens (tertiary/aromatic N) is 4. The molecule has 3 aromatic rings. The molecule has 2 fully saturated rings. The van der Waals surface area contributed by atoms with Crippen LogP contribution in [0.2, 0.25) is 5.02 Å². The van der Waals surface area contributed by atoms with E-state index in [4.69, 9.17) is 16.1 Å². The topological polar surface area (TPSA) is 96.6 Å². The van der Waals surface area contributed by atoms with Crippen LogP contribution in [0.4, 0.5) is 0 Å². The van der Waals surface area contributed by atoms with Crippen LogP contribution >= 0.6 is 11.6 Å². The lowest BCUT2D eigenvalue weighted by Crippen LogP contribution is -2.48. The summed E-state index contributed by atoms with van der Waals surface area (Å²) in [6.07, 6.45) is 4.27. The molecule has 0 N–H and O–H groups in total. The summed E-state index contributed by atoms with van der Waals surface area (Å²) < 4.78 is 33.6. The first kappa shape index (κ1) is 25.9. The molecule has 37 heavy (non-hydrogen) atoms. The van der Waals surface area contributed by atoms with Gasteiger partial charge in [-0.3, -0.25) is 4.79 Å². The van der Waals surface area contributed by atoms with Crippen molar-refractivity contribution in [2.75, 3.05) is 26.2 Å². The summed E-state index contributed by atoms with van der Waals surface area (Å²) >= 11 is 6.34. The largest absolute Gasteiger partial charge is 0.342 e. The minimum Gasteiger partial charge on any atom is -0.342 e. The molecule has 10 heteroatoms. The van der Waals surface area contributed by atoms with Gasteiger partial charge in [0.1, 0.15) is 4.90 Å². The molecule has 2 aromatic carbocycles. The Morgan fingerprint density at radius 1 is 1.08 bits per heavy atom. The van der Waals surface area contributed by atoms with Crippen molar-refractivity contribution in [3.05, 3.63) is 65.0 Å². The Balaban J connectivity index is 1.24. The predicted octanol–water partition coefficient (Wildman–Crippen LogP) is 4.58. The summed E-state index contributed by atoms with van der Waals surface area (Å²) in [5.41, 5.74) is 1.83. The number of amides is 1. The van der Waals surface area contributed by atoms with Crippen LogP contribution in [0, 0.1) is 18.8 Å². The lowest BCUT2D eigenvalue weighted by molar-refractivity contribution is -0.138. The van der Waals surface area contributed by atoms with E-state index in [1.807, 2.05) is 11.0 Å². The third-order valence-electron chi connectivity index (χ3n) is 7.36. The summed E-state index contributed by atoms with van der Waals surface area (Å²) in [5, 5.41) is 4.00. The molecule has 1 unspecified atom stereocenters. The number of halogens is 1. The smallest absolute Gasteiger partial charge is 0.244 e. The fraction of sp³-hybridized carbons (Fsp3) is 0.444. The summed E-state index contributed by atoms with van der Waals surface area (Å²) in [6, 6.07) is 15.1. The Bertz CT molecular complexity index is 1350. The first-order valence-corrected chi connectivity index (χ1v) is 14.6. The van der Waals surface area contributed by atoms with Crippen LogP contribution in [-0.4, -0.2) is 59.8 Å².